The van der Waals surface area contributed by atoms with Gasteiger partial charge in [0.2, 0.25) is 0 Å². The molecule has 0 unspecified atom stereocenters. The Morgan fingerprint density at radius 2 is 1.87 bits per heavy atom. The molecule has 1 amide bonds. The largest absolute Gasteiger partial charge is 0.440 e. The number of amides is 1. The average molecular weight is 405 g/mol. The molecule has 5 rings (SSSR count). The van der Waals surface area contributed by atoms with Gasteiger partial charge in [-0.2, -0.15) is 0 Å². The highest BCUT2D eigenvalue weighted by Crippen LogP contribution is 2.40. The summed E-state index contributed by atoms with van der Waals surface area (Å²) in [4.78, 5) is 19.4. The van der Waals surface area contributed by atoms with Gasteiger partial charge in [0.1, 0.15) is 5.52 Å². The zero-order chi connectivity index (χ0) is 20.5. The van der Waals surface area contributed by atoms with E-state index in [0.717, 1.165) is 49.9 Å². The van der Waals surface area contributed by atoms with Crippen LogP contribution in [-0.2, 0) is 6.42 Å². The number of carbonyl (C=O) groups is 1. The van der Waals surface area contributed by atoms with E-state index < -0.39 is 0 Å². The summed E-state index contributed by atoms with van der Waals surface area (Å²) in [5, 5.41) is 10.6. The lowest BCUT2D eigenvalue weighted by molar-refractivity contribution is 0.0437. The van der Waals surface area contributed by atoms with Crippen molar-refractivity contribution in [1.29, 1.82) is 0 Å². The topological polar surface area (TPSA) is 66.6 Å². The Balaban J connectivity index is 1.17. The van der Waals surface area contributed by atoms with Gasteiger partial charge in [0.05, 0.1) is 6.10 Å². The molecule has 30 heavy (non-hydrogen) atoms. The van der Waals surface area contributed by atoms with Crippen molar-refractivity contribution < 1.29 is 14.3 Å². The molecule has 1 saturated carbocycles. The molecular formula is C25H28N2O3. The van der Waals surface area contributed by atoms with Crippen LogP contribution in [0.4, 0.5) is 0 Å². The maximum absolute atomic E-state index is 13.0. The predicted molar refractivity (Wildman–Crippen MR) is 115 cm³/mol. The quantitative estimate of drug-likeness (QED) is 0.654. The molecule has 3 aromatic rings. The first-order valence-corrected chi connectivity index (χ1v) is 11.1. The van der Waals surface area contributed by atoms with E-state index >= 15 is 0 Å². The summed E-state index contributed by atoms with van der Waals surface area (Å²) in [6.45, 7) is 1.38. The molecule has 1 N–H and O–H groups in total. The summed E-state index contributed by atoms with van der Waals surface area (Å²) in [5.74, 6) is 1.57. The molecule has 0 bridgehead atoms. The van der Waals surface area contributed by atoms with E-state index in [-0.39, 0.29) is 17.9 Å². The van der Waals surface area contributed by atoms with Crippen molar-refractivity contribution in [2.24, 2.45) is 5.92 Å². The van der Waals surface area contributed by atoms with E-state index in [0.29, 0.717) is 30.2 Å². The Morgan fingerprint density at radius 3 is 2.60 bits per heavy atom. The molecule has 156 valence electrons. The van der Waals surface area contributed by atoms with Crippen LogP contribution in [0, 0.1) is 5.92 Å². The van der Waals surface area contributed by atoms with Gasteiger partial charge in [-0.15, -0.1) is 0 Å². The van der Waals surface area contributed by atoms with Gasteiger partial charge in [-0.25, -0.2) is 4.98 Å². The molecule has 0 radical (unpaired) electrons. The summed E-state index contributed by atoms with van der Waals surface area (Å²) in [6, 6.07) is 15.9. The number of aryl methyl sites for hydroxylation is 1. The lowest BCUT2D eigenvalue weighted by Gasteiger charge is -2.34. The lowest BCUT2D eigenvalue weighted by Crippen LogP contribution is -2.41. The molecule has 1 aliphatic heterocycles. The number of fused-ring (bicyclic) bond motifs is 1. The monoisotopic (exact) mass is 404 g/mol. The van der Waals surface area contributed by atoms with E-state index in [2.05, 4.69) is 17.1 Å². The predicted octanol–water partition coefficient (Wildman–Crippen LogP) is 4.55. The van der Waals surface area contributed by atoms with Crippen LogP contribution in [-0.4, -0.2) is 40.1 Å². The van der Waals surface area contributed by atoms with Crippen molar-refractivity contribution in [2.75, 3.05) is 13.1 Å². The minimum Gasteiger partial charge on any atom is -0.440 e. The van der Waals surface area contributed by atoms with Crippen molar-refractivity contribution in [3.05, 3.63) is 65.5 Å². The number of likely N-dealkylation sites (tertiary alicyclic amines) is 1. The minimum atomic E-state index is -0.311. The molecule has 1 saturated heterocycles. The summed E-state index contributed by atoms with van der Waals surface area (Å²) >= 11 is 0. The molecule has 5 heteroatoms. The standard InChI is InChI=1S/C25H28N2O3/c28-22(11-6-17-4-2-1-3-5-17)18-12-14-27(15-13-18)25(29)20-9-10-21-23(16-20)30-24(26-21)19-7-8-19/h1-5,9-10,16,18-19,22,28H,6-8,11-15H2/t22-/m0/s1. The fourth-order valence-electron chi connectivity index (χ4n) is 4.45. The number of hydrogen-bond donors (Lipinski definition) is 1. The Bertz CT molecular complexity index is 1020. The average Bonchev–Trinajstić information content (AvgIpc) is 3.56. The number of aliphatic hydroxyl groups excluding tert-OH is 1. The number of carbonyl (C=O) groups excluding carboxylic acids is 1. The first-order valence-electron chi connectivity index (χ1n) is 11.1. The van der Waals surface area contributed by atoms with Gasteiger partial charge in [0.15, 0.2) is 11.5 Å². The van der Waals surface area contributed by atoms with Crippen LogP contribution in [0.15, 0.2) is 52.9 Å². The number of oxazole rings is 1. The summed E-state index contributed by atoms with van der Waals surface area (Å²) in [5.41, 5.74) is 3.45. The SMILES string of the molecule is O=C(c1ccc2nc(C3CC3)oc2c1)N1CCC([C@@H](O)CCc2ccccc2)CC1. The van der Waals surface area contributed by atoms with Crippen LogP contribution >= 0.6 is 0 Å². The zero-order valence-electron chi connectivity index (χ0n) is 17.2. The highest BCUT2D eigenvalue weighted by molar-refractivity contribution is 5.97. The normalized spacial score (nSPS) is 18.6. The molecular weight excluding hydrogens is 376 g/mol. The van der Waals surface area contributed by atoms with E-state index in [1.807, 2.05) is 41.3 Å². The molecule has 0 spiro atoms. The van der Waals surface area contributed by atoms with Crippen LogP contribution in [0.2, 0.25) is 0 Å². The highest BCUT2D eigenvalue weighted by Gasteiger charge is 2.30. The van der Waals surface area contributed by atoms with E-state index in [9.17, 15) is 9.90 Å². The van der Waals surface area contributed by atoms with Crippen molar-refractivity contribution in [3.8, 4) is 0 Å². The van der Waals surface area contributed by atoms with Crippen LogP contribution in [0.3, 0.4) is 0 Å². The van der Waals surface area contributed by atoms with Crippen molar-refractivity contribution in [2.45, 2.75) is 50.5 Å². The second kappa shape index (κ2) is 8.23. The van der Waals surface area contributed by atoms with Crippen molar-refractivity contribution in [3.63, 3.8) is 0 Å². The fraction of sp³-hybridized carbons (Fsp3) is 0.440. The lowest BCUT2D eigenvalue weighted by atomic mass is 9.88. The number of benzene rings is 2. The number of hydrogen-bond acceptors (Lipinski definition) is 4. The second-order valence-corrected chi connectivity index (χ2v) is 8.73. The van der Waals surface area contributed by atoms with E-state index in [1.54, 1.807) is 0 Å². The number of nitrogens with zero attached hydrogens (tertiary/aromatic N) is 2. The molecule has 2 aromatic carbocycles. The maximum Gasteiger partial charge on any atom is 0.253 e. The molecule has 2 aliphatic rings. The van der Waals surface area contributed by atoms with Gasteiger partial charge in [-0.05, 0) is 68.2 Å². The van der Waals surface area contributed by atoms with Gasteiger partial charge in [-0.3, -0.25) is 4.79 Å². The third-order valence-corrected chi connectivity index (χ3v) is 6.52. The number of piperidine rings is 1. The molecule has 1 aromatic heterocycles. The number of rotatable bonds is 6. The third kappa shape index (κ3) is 4.12. The first-order chi connectivity index (χ1) is 14.7. The third-order valence-electron chi connectivity index (χ3n) is 6.52. The van der Waals surface area contributed by atoms with Crippen LogP contribution in [0.1, 0.15) is 59.8 Å². The molecule has 2 fully saturated rings. The van der Waals surface area contributed by atoms with Gasteiger partial charge in [-0.1, -0.05) is 30.3 Å². The minimum absolute atomic E-state index is 0.0403. The summed E-state index contributed by atoms with van der Waals surface area (Å²) in [7, 11) is 0. The van der Waals surface area contributed by atoms with E-state index in [4.69, 9.17) is 4.42 Å². The smallest absolute Gasteiger partial charge is 0.253 e. The van der Waals surface area contributed by atoms with Crippen molar-refractivity contribution >= 4 is 17.0 Å². The van der Waals surface area contributed by atoms with Gasteiger partial charge < -0.3 is 14.4 Å². The Morgan fingerprint density at radius 1 is 1.10 bits per heavy atom. The zero-order valence-corrected chi connectivity index (χ0v) is 17.2. The molecule has 2 heterocycles. The van der Waals surface area contributed by atoms with Crippen LogP contribution < -0.4 is 0 Å². The maximum atomic E-state index is 13.0. The fourth-order valence-corrected chi connectivity index (χ4v) is 4.45. The van der Waals surface area contributed by atoms with Crippen LogP contribution in [0.5, 0.6) is 0 Å². The highest BCUT2D eigenvalue weighted by atomic mass is 16.3. The summed E-state index contributed by atoms with van der Waals surface area (Å²) in [6.07, 6.45) is 5.33. The van der Waals surface area contributed by atoms with Gasteiger partial charge in [0, 0.05) is 24.6 Å². The Kier molecular flexibility index (Phi) is 5.30. The molecule has 1 atom stereocenters. The second-order valence-electron chi connectivity index (χ2n) is 8.73. The number of aromatic nitrogens is 1. The molecule has 5 nitrogen and oxygen atoms in total. The summed E-state index contributed by atoms with van der Waals surface area (Å²) < 4.78 is 5.87. The van der Waals surface area contributed by atoms with Gasteiger partial charge >= 0.3 is 0 Å². The number of aliphatic hydroxyl groups is 1. The van der Waals surface area contributed by atoms with E-state index in [1.165, 1.54) is 5.56 Å². The van der Waals surface area contributed by atoms with Crippen molar-refractivity contribution in [1.82, 2.24) is 9.88 Å². The van der Waals surface area contributed by atoms with Gasteiger partial charge in [0.25, 0.3) is 5.91 Å². The Labute approximate surface area is 176 Å². The first kappa shape index (κ1) is 19.3. The molecule has 1 aliphatic carbocycles. The van der Waals surface area contributed by atoms with Crippen LogP contribution in [0.25, 0.3) is 11.1 Å². The Hall–Kier alpha value is -2.66.